The summed E-state index contributed by atoms with van der Waals surface area (Å²) in [6.07, 6.45) is 6.95. The Hall–Kier alpha value is -2.76. The van der Waals surface area contributed by atoms with Gasteiger partial charge < -0.3 is 9.80 Å². The molecule has 1 atom stereocenters. The maximum atomic E-state index is 12.7. The van der Waals surface area contributed by atoms with E-state index in [1.54, 1.807) is 6.92 Å². The van der Waals surface area contributed by atoms with Gasteiger partial charge in [-0.05, 0) is 31.2 Å². The van der Waals surface area contributed by atoms with Gasteiger partial charge in [0, 0.05) is 51.2 Å². The quantitative estimate of drug-likeness (QED) is 0.802. The van der Waals surface area contributed by atoms with E-state index < -0.39 is 0 Å². The van der Waals surface area contributed by atoms with Gasteiger partial charge in [-0.2, -0.15) is 0 Å². The molecule has 2 amide bonds. The van der Waals surface area contributed by atoms with E-state index in [1.165, 1.54) is 5.56 Å². The van der Waals surface area contributed by atoms with Crippen molar-refractivity contribution in [1.82, 2.24) is 19.8 Å². The molecule has 0 spiro atoms. The molecule has 0 radical (unpaired) electrons. The summed E-state index contributed by atoms with van der Waals surface area (Å²) < 4.78 is 0. The Balaban J connectivity index is 1.41. The number of benzene rings is 1. The molecule has 1 aromatic carbocycles. The highest BCUT2D eigenvalue weighted by atomic mass is 16.2. The number of piperidine rings is 1. The molecule has 0 bridgehead atoms. The number of carbonyl (C=O) groups is 2. The van der Waals surface area contributed by atoms with E-state index >= 15 is 0 Å². The van der Waals surface area contributed by atoms with E-state index in [-0.39, 0.29) is 17.9 Å². The van der Waals surface area contributed by atoms with Crippen LogP contribution in [0, 0.1) is 0 Å². The zero-order chi connectivity index (χ0) is 20.2. The van der Waals surface area contributed by atoms with Crippen molar-refractivity contribution >= 4 is 11.8 Å². The third-order valence-electron chi connectivity index (χ3n) is 5.98. The van der Waals surface area contributed by atoms with Gasteiger partial charge in [-0.15, -0.1) is 0 Å². The van der Waals surface area contributed by atoms with Crippen molar-refractivity contribution in [2.75, 3.05) is 13.1 Å². The second kappa shape index (κ2) is 8.72. The summed E-state index contributed by atoms with van der Waals surface area (Å²) in [5.41, 5.74) is 3.24. The summed E-state index contributed by atoms with van der Waals surface area (Å²) in [4.78, 5) is 37.9. The number of fused-ring (bicyclic) bond motifs is 1. The molecule has 1 fully saturated rings. The Kier molecular flexibility index (Phi) is 5.88. The molecule has 3 heterocycles. The highest BCUT2D eigenvalue weighted by molar-refractivity contribution is 5.76. The van der Waals surface area contributed by atoms with Crippen LogP contribution in [0.3, 0.4) is 0 Å². The van der Waals surface area contributed by atoms with Gasteiger partial charge in [-0.3, -0.25) is 9.59 Å². The summed E-state index contributed by atoms with van der Waals surface area (Å²) in [6, 6.07) is 10.1. The van der Waals surface area contributed by atoms with Crippen LogP contribution in [0.4, 0.5) is 0 Å². The van der Waals surface area contributed by atoms with Gasteiger partial charge in [-0.1, -0.05) is 30.3 Å². The highest BCUT2D eigenvalue weighted by Crippen LogP contribution is 2.30. The third-order valence-corrected chi connectivity index (χ3v) is 5.98. The molecular formula is C23H28N4O2. The molecule has 0 unspecified atom stereocenters. The molecule has 2 aromatic rings. The second-order valence-corrected chi connectivity index (χ2v) is 7.98. The van der Waals surface area contributed by atoms with E-state index in [4.69, 9.17) is 4.98 Å². The summed E-state index contributed by atoms with van der Waals surface area (Å²) in [5, 5.41) is 0. The minimum atomic E-state index is -0.0166. The van der Waals surface area contributed by atoms with Gasteiger partial charge in [0.05, 0.1) is 11.7 Å². The summed E-state index contributed by atoms with van der Waals surface area (Å²) in [5.74, 6) is 1.02. The number of hydrogen-bond donors (Lipinski definition) is 0. The first kappa shape index (κ1) is 19.6. The first-order valence-electron chi connectivity index (χ1n) is 10.6. The van der Waals surface area contributed by atoms with Crippen molar-refractivity contribution < 1.29 is 9.59 Å². The summed E-state index contributed by atoms with van der Waals surface area (Å²) >= 11 is 0. The SMILES string of the molecule is CC(=O)N1CCCC[C@H]1c1ncc2c(n1)CCN(C(=O)CCc1ccccc1)C2. The zero-order valence-electron chi connectivity index (χ0n) is 17.0. The number of aromatic nitrogens is 2. The molecule has 1 aromatic heterocycles. The molecule has 4 rings (SSSR count). The lowest BCUT2D eigenvalue weighted by Crippen LogP contribution is -2.39. The van der Waals surface area contributed by atoms with Crippen LogP contribution < -0.4 is 0 Å². The van der Waals surface area contributed by atoms with Crippen LogP contribution in [0.5, 0.6) is 0 Å². The number of rotatable bonds is 4. The molecule has 29 heavy (non-hydrogen) atoms. The number of carbonyl (C=O) groups excluding carboxylic acids is 2. The average Bonchev–Trinajstić information content (AvgIpc) is 2.77. The Morgan fingerprint density at radius 2 is 1.97 bits per heavy atom. The highest BCUT2D eigenvalue weighted by Gasteiger charge is 2.29. The minimum absolute atomic E-state index is 0.0166. The summed E-state index contributed by atoms with van der Waals surface area (Å²) in [7, 11) is 0. The van der Waals surface area contributed by atoms with Crippen LogP contribution >= 0.6 is 0 Å². The first-order valence-corrected chi connectivity index (χ1v) is 10.6. The van der Waals surface area contributed by atoms with Crippen molar-refractivity contribution in [3.8, 4) is 0 Å². The van der Waals surface area contributed by atoms with Crippen LogP contribution in [0.25, 0.3) is 0 Å². The lowest BCUT2D eigenvalue weighted by molar-refractivity contribution is -0.133. The molecule has 6 nitrogen and oxygen atoms in total. The number of hydrogen-bond acceptors (Lipinski definition) is 4. The smallest absolute Gasteiger partial charge is 0.223 e. The maximum Gasteiger partial charge on any atom is 0.223 e. The first-order chi connectivity index (χ1) is 14.1. The monoisotopic (exact) mass is 392 g/mol. The number of nitrogens with zero attached hydrogens (tertiary/aromatic N) is 4. The van der Waals surface area contributed by atoms with Crippen molar-refractivity contribution in [2.24, 2.45) is 0 Å². The van der Waals surface area contributed by atoms with Crippen LogP contribution in [0.1, 0.15) is 61.3 Å². The average molecular weight is 393 g/mol. The number of aryl methyl sites for hydroxylation is 1. The zero-order valence-corrected chi connectivity index (χ0v) is 17.0. The molecule has 152 valence electrons. The largest absolute Gasteiger partial charge is 0.338 e. The molecular weight excluding hydrogens is 364 g/mol. The van der Waals surface area contributed by atoms with Gasteiger partial charge in [0.15, 0.2) is 5.82 Å². The normalized spacial score (nSPS) is 19.0. The van der Waals surface area contributed by atoms with Crippen LogP contribution in [0.2, 0.25) is 0 Å². The molecule has 0 aliphatic carbocycles. The van der Waals surface area contributed by atoms with Gasteiger partial charge in [0.25, 0.3) is 0 Å². The Morgan fingerprint density at radius 3 is 2.76 bits per heavy atom. The van der Waals surface area contributed by atoms with E-state index in [0.29, 0.717) is 19.5 Å². The number of likely N-dealkylation sites (tertiary alicyclic amines) is 1. The third kappa shape index (κ3) is 4.47. The van der Waals surface area contributed by atoms with Crippen molar-refractivity contribution in [1.29, 1.82) is 0 Å². The molecule has 2 aliphatic heterocycles. The van der Waals surface area contributed by atoms with E-state index in [9.17, 15) is 9.59 Å². The molecule has 0 saturated carbocycles. The van der Waals surface area contributed by atoms with Crippen LogP contribution in [-0.2, 0) is 29.0 Å². The second-order valence-electron chi connectivity index (χ2n) is 7.98. The molecule has 0 N–H and O–H groups in total. The lowest BCUT2D eigenvalue weighted by Gasteiger charge is -2.35. The van der Waals surface area contributed by atoms with Crippen molar-refractivity contribution in [3.05, 3.63) is 59.2 Å². The fourth-order valence-electron chi connectivity index (χ4n) is 4.34. The Morgan fingerprint density at radius 1 is 1.14 bits per heavy atom. The van der Waals surface area contributed by atoms with Gasteiger partial charge in [0.1, 0.15) is 0 Å². The van der Waals surface area contributed by atoms with E-state index in [0.717, 1.165) is 55.7 Å². The lowest BCUT2D eigenvalue weighted by atomic mass is 10.00. The fraction of sp³-hybridized carbons (Fsp3) is 0.478. The van der Waals surface area contributed by atoms with Gasteiger partial charge in [0.2, 0.25) is 11.8 Å². The van der Waals surface area contributed by atoms with Crippen LogP contribution in [-0.4, -0.2) is 44.7 Å². The van der Waals surface area contributed by atoms with Gasteiger partial charge in [-0.25, -0.2) is 9.97 Å². The van der Waals surface area contributed by atoms with E-state index in [2.05, 4.69) is 17.1 Å². The topological polar surface area (TPSA) is 66.4 Å². The minimum Gasteiger partial charge on any atom is -0.338 e. The summed E-state index contributed by atoms with van der Waals surface area (Å²) in [6.45, 7) is 3.67. The number of amides is 2. The van der Waals surface area contributed by atoms with Crippen molar-refractivity contribution in [3.63, 3.8) is 0 Å². The maximum absolute atomic E-state index is 12.7. The fourth-order valence-corrected chi connectivity index (χ4v) is 4.34. The standard InChI is InChI=1S/C23H28N4O2/c1-17(28)27-13-6-5-9-21(27)23-24-15-19-16-26(14-12-20(19)25-23)22(29)11-10-18-7-3-2-4-8-18/h2-4,7-8,15,21H,5-6,9-14,16H2,1H3/t21-/m0/s1. The predicted molar refractivity (Wildman–Crippen MR) is 110 cm³/mol. The van der Waals surface area contributed by atoms with E-state index in [1.807, 2.05) is 34.2 Å². The predicted octanol–water partition coefficient (Wildman–Crippen LogP) is 3.07. The van der Waals surface area contributed by atoms with Crippen molar-refractivity contribution in [2.45, 2.75) is 58.0 Å². The molecule has 6 heteroatoms. The van der Waals surface area contributed by atoms with Crippen LogP contribution in [0.15, 0.2) is 36.5 Å². The Bertz CT molecular complexity index is 884. The van der Waals surface area contributed by atoms with Gasteiger partial charge >= 0.3 is 0 Å². The molecule has 1 saturated heterocycles. The Labute approximate surface area is 172 Å². The molecule has 2 aliphatic rings.